The number of rotatable bonds is 5. The maximum atomic E-state index is 12.6. The van der Waals surface area contributed by atoms with E-state index in [-0.39, 0.29) is 16.3 Å². The van der Waals surface area contributed by atoms with E-state index < -0.39 is 27.7 Å². The Morgan fingerprint density at radius 2 is 1.92 bits per heavy atom. The van der Waals surface area contributed by atoms with Crippen LogP contribution in [0.2, 0.25) is 0 Å². The molecular weight excluding hydrogens is 365 g/mol. The number of hydrogen-bond acceptors (Lipinski definition) is 4. The van der Waals surface area contributed by atoms with E-state index in [1.807, 2.05) is 0 Å². The maximum Gasteiger partial charge on any atom is 0.416 e. The predicted molar refractivity (Wildman–Crippen MR) is 83.2 cm³/mol. The average Bonchev–Trinajstić information content (AvgIpc) is 3.01. The molecule has 0 radical (unpaired) electrons. The van der Waals surface area contributed by atoms with E-state index in [0.717, 1.165) is 29.5 Å². The van der Waals surface area contributed by atoms with Gasteiger partial charge in [-0.15, -0.1) is 11.3 Å². The van der Waals surface area contributed by atoms with E-state index in [1.165, 1.54) is 25.2 Å². The summed E-state index contributed by atoms with van der Waals surface area (Å²) in [6, 6.07) is 6.99. The number of hydrogen-bond donors (Lipinski definition) is 2. The molecule has 0 spiro atoms. The number of benzene rings is 1. The molecule has 1 aromatic heterocycles. The van der Waals surface area contributed by atoms with Crippen molar-refractivity contribution >= 4 is 27.3 Å². The lowest BCUT2D eigenvalue weighted by Crippen LogP contribution is -2.22. The van der Waals surface area contributed by atoms with Gasteiger partial charge < -0.3 is 5.32 Å². The number of halogens is 3. The van der Waals surface area contributed by atoms with Crippen molar-refractivity contribution < 1.29 is 26.4 Å². The molecule has 24 heavy (non-hydrogen) atoms. The lowest BCUT2D eigenvalue weighted by Gasteiger charge is -2.08. The zero-order chi connectivity index (χ0) is 18.0. The van der Waals surface area contributed by atoms with Crippen molar-refractivity contribution in [2.45, 2.75) is 16.9 Å². The third kappa shape index (κ3) is 4.34. The van der Waals surface area contributed by atoms with Crippen molar-refractivity contribution in [3.05, 3.63) is 52.4 Å². The highest BCUT2D eigenvalue weighted by atomic mass is 32.2. The molecule has 0 atom stereocenters. The van der Waals surface area contributed by atoms with Gasteiger partial charge in [0.05, 0.1) is 12.1 Å². The molecule has 1 amide bonds. The van der Waals surface area contributed by atoms with E-state index in [1.54, 1.807) is 0 Å². The number of nitrogens with one attached hydrogen (secondary N) is 2. The first kappa shape index (κ1) is 18.4. The third-order valence-electron chi connectivity index (χ3n) is 3.05. The van der Waals surface area contributed by atoms with Gasteiger partial charge in [-0.05, 0) is 37.4 Å². The van der Waals surface area contributed by atoms with Crippen molar-refractivity contribution in [2.75, 3.05) is 7.05 Å². The molecule has 0 bridgehead atoms. The Morgan fingerprint density at radius 3 is 2.54 bits per heavy atom. The Bertz CT molecular complexity index is 845. The number of amides is 1. The molecular formula is C14H13F3N2O3S2. The van der Waals surface area contributed by atoms with Gasteiger partial charge in [0.25, 0.3) is 5.91 Å². The van der Waals surface area contributed by atoms with Crippen molar-refractivity contribution in [3.63, 3.8) is 0 Å². The minimum absolute atomic E-state index is 0.0129. The summed E-state index contributed by atoms with van der Waals surface area (Å²) >= 11 is 0.964. The molecule has 0 aliphatic carbocycles. The van der Waals surface area contributed by atoms with Crippen LogP contribution in [0, 0.1) is 0 Å². The van der Waals surface area contributed by atoms with Crippen molar-refractivity contribution in [3.8, 4) is 0 Å². The van der Waals surface area contributed by atoms with Crippen LogP contribution in [0.5, 0.6) is 0 Å². The first-order valence-electron chi connectivity index (χ1n) is 6.61. The summed E-state index contributed by atoms with van der Waals surface area (Å²) in [4.78, 5) is 12.5. The zero-order valence-electron chi connectivity index (χ0n) is 12.3. The number of carbonyl (C=O) groups excluding carboxylic acids is 1. The number of alkyl halides is 3. The summed E-state index contributed by atoms with van der Waals surface area (Å²) in [5.41, 5.74) is -1.03. The van der Waals surface area contributed by atoms with Gasteiger partial charge in [0.2, 0.25) is 10.0 Å². The summed E-state index contributed by atoms with van der Waals surface area (Å²) in [7, 11) is -2.28. The summed E-state index contributed by atoms with van der Waals surface area (Å²) in [5, 5.41) is 2.47. The van der Waals surface area contributed by atoms with Crippen LogP contribution in [-0.2, 0) is 22.7 Å². The van der Waals surface area contributed by atoms with Gasteiger partial charge in [0.15, 0.2) is 0 Å². The van der Waals surface area contributed by atoms with Crippen LogP contribution >= 0.6 is 11.3 Å². The molecule has 2 rings (SSSR count). The topological polar surface area (TPSA) is 75.3 Å². The zero-order valence-corrected chi connectivity index (χ0v) is 14.0. The molecule has 2 aromatic rings. The fourth-order valence-corrected chi connectivity index (χ4v) is 3.94. The molecule has 5 nitrogen and oxygen atoms in total. The Balaban J connectivity index is 2.07. The minimum atomic E-state index is -4.53. The van der Waals surface area contributed by atoms with E-state index in [9.17, 15) is 26.4 Å². The molecule has 0 aliphatic rings. The first-order valence-corrected chi connectivity index (χ1v) is 8.91. The second-order valence-corrected chi connectivity index (χ2v) is 7.97. The van der Waals surface area contributed by atoms with Gasteiger partial charge in [-0.2, -0.15) is 13.2 Å². The minimum Gasteiger partial charge on any atom is -0.347 e. The highest BCUT2D eigenvalue weighted by molar-refractivity contribution is 7.91. The molecule has 0 unspecified atom stereocenters. The van der Waals surface area contributed by atoms with Crippen LogP contribution < -0.4 is 10.0 Å². The van der Waals surface area contributed by atoms with Crippen LogP contribution in [0.25, 0.3) is 0 Å². The van der Waals surface area contributed by atoms with Gasteiger partial charge in [0, 0.05) is 10.4 Å². The molecule has 0 aliphatic heterocycles. The second-order valence-electron chi connectivity index (χ2n) is 4.69. The van der Waals surface area contributed by atoms with E-state index in [4.69, 9.17) is 0 Å². The average molecular weight is 378 g/mol. The lowest BCUT2D eigenvalue weighted by molar-refractivity contribution is -0.137. The summed E-state index contributed by atoms with van der Waals surface area (Å²) in [6.45, 7) is 0.0129. The molecule has 0 saturated heterocycles. The molecule has 0 saturated carbocycles. The monoisotopic (exact) mass is 378 g/mol. The Morgan fingerprint density at radius 1 is 1.21 bits per heavy atom. The van der Waals surface area contributed by atoms with Crippen molar-refractivity contribution in [2.24, 2.45) is 0 Å². The summed E-state index contributed by atoms with van der Waals surface area (Å²) in [5.74, 6) is -0.674. The van der Waals surface area contributed by atoms with Crippen molar-refractivity contribution in [1.29, 1.82) is 0 Å². The van der Waals surface area contributed by atoms with Gasteiger partial charge in [-0.1, -0.05) is 6.07 Å². The highest BCUT2D eigenvalue weighted by Gasteiger charge is 2.30. The molecule has 2 N–H and O–H groups in total. The summed E-state index contributed by atoms with van der Waals surface area (Å²) in [6.07, 6.45) is -4.53. The molecule has 0 fully saturated rings. The van der Waals surface area contributed by atoms with Gasteiger partial charge >= 0.3 is 6.18 Å². The normalized spacial score (nSPS) is 12.2. The van der Waals surface area contributed by atoms with E-state index >= 15 is 0 Å². The Labute approximate surface area is 140 Å². The number of carbonyl (C=O) groups is 1. The van der Waals surface area contributed by atoms with Crippen LogP contribution in [0.15, 0.2) is 40.6 Å². The molecule has 1 aromatic carbocycles. The van der Waals surface area contributed by atoms with E-state index in [0.29, 0.717) is 4.88 Å². The van der Waals surface area contributed by atoms with Crippen molar-refractivity contribution in [1.82, 2.24) is 10.0 Å². The summed E-state index contributed by atoms with van der Waals surface area (Å²) < 4.78 is 63.4. The lowest BCUT2D eigenvalue weighted by atomic mass is 10.1. The van der Waals surface area contributed by atoms with Crippen LogP contribution in [0.3, 0.4) is 0 Å². The molecule has 1 heterocycles. The second kappa shape index (κ2) is 6.91. The Hall–Kier alpha value is -1.91. The van der Waals surface area contributed by atoms with Crippen LogP contribution in [0.4, 0.5) is 13.2 Å². The largest absolute Gasteiger partial charge is 0.416 e. The predicted octanol–water partition coefficient (Wildman–Crippen LogP) is 2.61. The SMILES string of the molecule is CNS(=O)(=O)c1ccc(CNC(=O)c2cccc(C(F)(F)F)c2)s1. The quantitative estimate of drug-likeness (QED) is 0.840. The fourth-order valence-electron chi connectivity index (χ4n) is 1.80. The maximum absolute atomic E-state index is 12.6. The Kier molecular flexibility index (Phi) is 5.31. The van der Waals surface area contributed by atoms with Crippen LogP contribution in [-0.4, -0.2) is 21.4 Å². The van der Waals surface area contributed by atoms with Gasteiger partial charge in [-0.25, -0.2) is 13.1 Å². The van der Waals surface area contributed by atoms with Crippen LogP contribution in [0.1, 0.15) is 20.8 Å². The molecule has 10 heteroatoms. The molecule has 130 valence electrons. The van der Waals surface area contributed by atoms with Gasteiger partial charge in [0.1, 0.15) is 4.21 Å². The fraction of sp³-hybridized carbons (Fsp3) is 0.214. The highest BCUT2D eigenvalue weighted by Crippen LogP contribution is 2.29. The number of sulfonamides is 1. The first-order chi connectivity index (χ1) is 11.1. The standard InChI is InChI=1S/C14H13F3N2O3S2/c1-18-24(21,22)12-6-5-11(23-12)8-19-13(20)9-3-2-4-10(7-9)14(15,16)17/h2-7,18H,8H2,1H3,(H,19,20). The smallest absolute Gasteiger partial charge is 0.347 e. The van der Waals surface area contributed by atoms with Gasteiger partial charge in [-0.3, -0.25) is 4.79 Å². The third-order valence-corrected chi connectivity index (χ3v) is 6.04. The van der Waals surface area contributed by atoms with E-state index in [2.05, 4.69) is 10.0 Å². The number of thiophene rings is 1.